The van der Waals surface area contributed by atoms with Gasteiger partial charge in [0.2, 0.25) is 5.91 Å². The van der Waals surface area contributed by atoms with Crippen LogP contribution < -0.4 is 5.11 Å². The van der Waals surface area contributed by atoms with Crippen molar-refractivity contribution in [2.24, 2.45) is 0 Å². The zero-order valence-electron chi connectivity index (χ0n) is 12.7. The van der Waals surface area contributed by atoms with E-state index in [1.165, 1.54) is 0 Å². The first-order valence-corrected chi connectivity index (χ1v) is 8.47. The summed E-state index contributed by atoms with van der Waals surface area (Å²) < 4.78 is 0.161. The number of aliphatic carboxylic acids is 1. The first-order valence-electron chi connectivity index (χ1n) is 7.24. The highest BCUT2D eigenvalue weighted by Gasteiger charge is 2.48. The van der Waals surface area contributed by atoms with E-state index in [2.05, 4.69) is 0 Å². The van der Waals surface area contributed by atoms with Crippen LogP contribution in [-0.4, -0.2) is 50.4 Å². The Bertz CT molecular complexity index is 821. The second-order valence-electron chi connectivity index (χ2n) is 5.37. The predicted octanol–water partition coefficient (Wildman–Crippen LogP) is -0.235. The van der Waals surface area contributed by atoms with Crippen LogP contribution in [0.5, 0.6) is 0 Å². The molecule has 2 aliphatic heterocycles. The maximum Gasteiger partial charge on any atom is 0.266 e. The summed E-state index contributed by atoms with van der Waals surface area (Å²) in [4.78, 5) is 49.5. The predicted molar refractivity (Wildman–Crippen MR) is 91.6 cm³/mol. The number of carboxylic acids is 1. The highest BCUT2D eigenvalue weighted by molar-refractivity contribution is 8.26. The Morgan fingerprint density at radius 2 is 1.96 bits per heavy atom. The van der Waals surface area contributed by atoms with Gasteiger partial charge in [0.1, 0.15) is 10.4 Å². The molecule has 0 unspecified atom stereocenters. The number of carbonyl (C=O) groups is 4. The average Bonchev–Trinajstić information content (AvgIpc) is 2.98. The van der Waals surface area contributed by atoms with Gasteiger partial charge in [-0.05, 0) is 11.6 Å². The van der Waals surface area contributed by atoms with Crippen molar-refractivity contribution in [3.63, 3.8) is 0 Å². The second-order valence-corrected chi connectivity index (χ2v) is 7.05. The number of thioether (sulfide) groups is 1. The molecule has 0 N–H and O–H groups in total. The molecule has 2 aliphatic rings. The third-order valence-corrected chi connectivity index (χ3v) is 5.07. The smallest absolute Gasteiger partial charge is 0.266 e. The fourth-order valence-corrected chi connectivity index (χ4v) is 3.97. The molecular weight excluding hydrogens is 364 g/mol. The normalized spacial score (nSPS) is 22.4. The number of amides is 3. The number of hydrogen-bond acceptors (Lipinski definition) is 7. The summed E-state index contributed by atoms with van der Waals surface area (Å²) in [5, 5.41) is 10.7. The molecule has 0 bridgehead atoms. The third kappa shape index (κ3) is 3.33. The lowest BCUT2D eigenvalue weighted by atomic mass is 10.2. The Kier molecular flexibility index (Phi) is 4.69. The lowest BCUT2D eigenvalue weighted by Crippen LogP contribution is -2.46. The van der Waals surface area contributed by atoms with Gasteiger partial charge in [-0.3, -0.25) is 24.2 Å². The van der Waals surface area contributed by atoms with E-state index in [1.807, 2.05) is 30.3 Å². The van der Waals surface area contributed by atoms with Crippen LogP contribution in [0.4, 0.5) is 0 Å². The molecule has 1 aromatic carbocycles. The molecule has 0 aliphatic carbocycles. The van der Waals surface area contributed by atoms with E-state index < -0.39 is 36.3 Å². The van der Waals surface area contributed by atoms with Gasteiger partial charge in [-0.15, -0.1) is 0 Å². The Morgan fingerprint density at radius 1 is 1.28 bits per heavy atom. The number of benzene rings is 1. The van der Waals surface area contributed by atoms with Gasteiger partial charge in [-0.25, -0.2) is 0 Å². The Labute approximate surface area is 152 Å². The van der Waals surface area contributed by atoms with Crippen molar-refractivity contribution in [1.82, 2.24) is 9.80 Å². The molecule has 1 atom stereocenters. The molecular formula is C16H11N2O5S2-. The molecule has 25 heavy (non-hydrogen) atoms. The molecule has 3 amide bonds. The number of carboxylic acid groups (broad SMARTS) is 1. The standard InChI is InChI=1S/C16H12N2O5S2/c19-12-7-10(14(22)17(12)8-13(20)21)18-15(23)11(25-16(18)24)6-9-4-2-1-3-5-9/h1-6,10H,7-8H2,(H,20,21)/p-1/b11-6+/t10-/m0/s1. The van der Waals surface area contributed by atoms with Gasteiger partial charge in [0.15, 0.2) is 0 Å². The summed E-state index contributed by atoms with van der Waals surface area (Å²) in [5.41, 5.74) is 0.801. The van der Waals surface area contributed by atoms with Crippen LogP contribution >= 0.6 is 24.0 Å². The van der Waals surface area contributed by atoms with Gasteiger partial charge >= 0.3 is 0 Å². The van der Waals surface area contributed by atoms with Crippen LogP contribution in [0.3, 0.4) is 0 Å². The average molecular weight is 375 g/mol. The highest BCUT2D eigenvalue weighted by Crippen LogP contribution is 2.36. The molecule has 0 saturated carbocycles. The minimum absolute atomic E-state index is 0.161. The molecule has 2 fully saturated rings. The van der Waals surface area contributed by atoms with Crippen molar-refractivity contribution in [2.75, 3.05) is 6.54 Å². The zero-order chi connectivity index (χ0) is 18.1. The number of nitrogens with zero attached hydrogens (tertiary/aromatic N) is 2. The molecule has 0 spiro atoms. The van der Waals surface area contributed by atoms with Crippen LogP contribution in [0.25, 0.3) is 6.08 Å². The summed E-state index contributed by atoms with van der Waals surface area (Å²) in [6.07, 6.45) is 1.36. The van der Waals surface area contributed by atoms with Crippen molar-refractivity contribution in [2.45, 2.75) is 12.5 Å². The van der Waals surface area contributed by atoms with E-state index in [-0.39, 0.29) is 10.7 Å². The molecule has 2 saturated heterocycles. The topological polar surface area (TPSA) is 97.8 Å². The minimum Gasteiger partial charge on any atom is -0.548 e. The van der Waals surface area contributed by atoms with Crippen molar-refractivity contribution >= 4 is 58.1 Å². The summed E-state index contributed by atoms with van der Waals surface area (Å²) in [6, 6.07) is 8.02. The van der Waals surface area contributed by atoms with E-state index in [9.17, 15) is 24.3 Å². The molecule has 0 radical (unpaired) electrons. The quantitative estimate of drug-likeness (QED) is 0.407. The maximum absolute atomic E-state index is 12.6. The van der Waals surface area contributed by atoms with E-state index >= 15 is 0 Å². The van der Waals surface area contributed by atoms with Crippen molar-refractivity contribution in [3.8, 4) is 0 Å². The van der Waals surface area contributed by atoms with E-state index in [1.54, 1.807) is 6.08 Å². The molecule has 7 nitrogen and oxygen atoms in total. The molecule has 3 rings (SSSR count). The molecule has 1 aromatic rings. The fraction of sp³-hybridized carbons (Fsp3) is 0.188. The molecule has 9 heteroatoms. The fourth-order valence-electron chi connectivity index (χ4n) is 2.61. The lowest BCUT2D eigenvalue weighted by molar-refractivity contribution is -0.305. The van der Waals surface area contributed by atoms with Gasteiger partial charge in [0, 0.05) is 0 Å². The lowest BCUT2D eigenvalue weighted by Gasteiger charge is -2.21. The zero-order valence-corrected chi connectivity index (χ0v) is 14.3. The number of rotatable bonds is 4. The van der Waals surface area contributed by atoms with Gasteiger partial charge in [0.05, 0.1) is 23.8 Å². The molecule has 2 heterocycles. The summed E-state index contributed by atoms with van der Waals surface area (Å²) >= 11 is 6.22. The summed E-state index contributed by atoms with van der Waals surface area (Å²) in [5.74, 6) is -3.44. The monoisotopic (exact) mass is 375 g/mol. The van der Waals surface area contributed by atoms with E-state index in [0.29, 0.717) is 9.81 Å². The van der Waals surface area contributed by atoms with Crippen molar-refractivity contribution in [3.05, 3.63) is 40.8 Å². The maximum atomic E-state index is 12.6. The van der Waals surface area contributed by atoms with Crippen LogP contribution in [0.2, 0.25) is 0 Å². The van der Waals surface area contributed by atoms with Gasteiger partial charge < -0.3 is 9.90 Å². The van der Waals surface area contributed by atoms with Crippen molar-refractivity contribution in [1.29, 1.82) is 0 Å². The van der Waals surface area contributed by atoms with E-state index in [0.717, 1.165) is 22.2 Å². The van der Waals surface area contributed by atoms with Crippen LogP contribution in [0.1, 0.15) is 12.0 Å². The van der Waals surface area contributed by atoms with Crippen LogP contribution in [-0.2, 0) is 19.2 Å². The Morgan fingerprint density at radius 3 is 2.60 bits per heavy atom. The van der Waals surface area contributed by atoms with Crippen LogP contribution in [0.15, 0.2) is 35.2 Å². The first-order chi connectivity index (χ1) is 11.9. The second kappa shape index (κ2) is 6.77. The summed E-state index contributed by atoms with van der Waals surface area (Å²) in [7, 11) is 0. The number of hydrogen-bond donors (Lipinski definition) is 0. The Balaban J connectivity index is 1.84. The first kappa shape index (κ1) is 17.3. The molecule has 128 valence electrons. The van der Waals surface area contributed by atoms with Gasteiger partial charge in [0.25, 0.3) is 11.8 Å². The molecule has 0 aromatic heterocycles. The van der Waals surface area contributed by atoms with Crippen LogP contribution in [0, 0.1) is 0 Å². The van der Waals surface area contributed by atoms with Gasteiger partial charge in [-0.2, -0.15) is 0 Å². The number of likely N-dealkylation sites (tertiary alicyclic amines) is 1. The number of carbonyl (C=O) groups excluding carboxylic acids is 4. The SMILES string of the molecule is O=C([O-])CN1C(=O)C[C@H](N2C(=O)/C(=C\c3ccccc3)SC2=S)C1=O. The number of imide groups is 1. The number of thiocarbonyl (C=S) groups is 1. The largest absolute Gasteiger partial charge is 0.548 e. The highest BCUT2D eigenvalue weighted by atomic mass is 32.2. The van der Waals surface area contributed by atoms with Crippen molar-refractivity contribution < 1.29 is 24.3 Å². The minimum atomic E-state index is -1.54. The Hall–Kier alpha value is -2.52. The third-order valence-electron chi connectivity index (χ3n) is 3.74. The van der Waals surface area contributed by atoms with E-state index in [4.69, 9.17) is 12.2 Å². The van der Waals surface area contributed by atoms with Gasteiger partial charge in [-0.1, -0.05) is 54.3 Å². The summed E-state index contributed by atoms with van der Waals surface area (Å²) in [6.45, 7) is -0.831.